The van der Waals surface area contributed by atoms with Crippen LogP contribution in [-0.4, -0.2) is 30.7 Å². The number of rotatable bonds is 3. The van der Waals surface area contributed by atoms with E-state index in [1.54, 1.807) is 0 Å². The first-order valence-electron chi connectivity index (χ1n) is 5.53. The number of hydrogen-bond acceptors (Lipinski definition) is 2. The molecule has 0 spiro atoms. The van der Waals surface area contributed by atoms with Crippen LogP contribution < -0.4 is 0 Å². The lowest BCUT2D eigenvalue weighted by Gasteiger charge is -2.23. The van der Waals surface area contributed by atoms with Crippen LogP contribution in [0.2, 0.25) is 0 Å². The van der Waals surface area contributed by atoms with Crippen LogP contribution in [0.25, 0.3) is 0 Å². The molecule has 0 aromatic heterocycles. The highest BCUT2D eigenvalue weighted by atomic mass is 16.5. The Hall–Kier alpha value is -0.860. The second kappa shape index (κ2) is 4.33. The van der Waals surface area contributed by atoms with Crippen LogP contribution in [0.3, 0.4) is 0 Å². The van der Waals surface area contributed by atoms with Gasteiger partial charge in [-0.15, -0.1) is 0 Å². The third-order valence-electron chi connectivity index (χ3n) is 3.26. The Bertz CT molecular complexity index is 312. The first kappa shape index (κ1) is 10.7. The summed E-state index contributed by atoms with van der Waals surface area (Å²) in [6, 6.07) is 10.6. The molecule has 1 aromatic carbocycles. The van der Waals surface area contributed by atoms with Crippen molar-refractivity contribution in [3.05, 3.63) is 35.9 Å². The van der Waals surface area contributed by atoms with Crippen LogP contribution in [-0.2, 0) is 11.3 Å². The summed E-state index contributed by atoms with van der Waals surface area (Å²) in [5, 5.41) is 0. The predicted molar refractivity (Wildman–Crippen MR) is 61.8 cm³/mol. The summed E-state index contributed by atoms with van der Waals surface area (Å²) in [6.45, 7) is 5.41. The predicted octanol–water partition coefficient (Wildman–Crippen LogP) is 2.30. The number of nitrogens with zero attached hydrogens (tertiary/aromatic N) is 1. The lowest BCUT2D eigenvalue weighted by atomic mass is 10.1. The largest absolute Gasteiger partial charge is 0.377 e. The van der Waals surface area contributed by atoms with E-state index in [-0.39, 0.29) is 5.60 Å². The van der Waals surface area contributed by atoms with Gasteiger partial charge in [0.25, 0.3) is 0 Å². The monoisotopic (exact) mass is 205 g/mol. The molecule has 1 aliphatic rings. The minimum atomic E-state index is 0.0643. The Morgan fingerprint density at radius 2 is 2.07 bits per heavy atom. The number of benzene rings is 1. The van der Waals surface area contributed by atoms with E-state index in [9.17, 15) is 0 Å². The molecule has 1 fully saturated rings. The molecule has 1 saturated heterocycles. The Kier molecular flexibility index (Phi) is 3.08. The van der Waals surface area contributed by atoms with Gasteiger partial charge in [-0.1, -0.05) is 30.3 Å². The van der Waals surface area contributed by atoms with Gasteiger partial charge >= 0.3 is 0 Å². The maximum Gasteiger partial charge on any atom is 0.0789 e. The molecule has 2 rings (SSSR count). The van der Waals surface area contributed by atoms with Crippen molar-refractivity contribution in [2.75, 3.05) is 20.2 Å². The number of hydrogen-bond donors (Lipinski definition) is 0. The van der Waals surface area contributed by atoms with Crippen LogP contribution in [0, 0.1) is 0 Å². The fraction of sp³-hybridized carbons (Fsp3) is 0.538. The fourth-order valence-electron chi connectivity index (χ4n) is 2.17. The van der Waals surface area contributed by atoms with Gasteiger partial charge in [-0.25, -0.2) is 0 Å². The molecule has 15 heavy (non-hydrogen) atoms. The average Bonchev–Trinajstić information content (AvgIpc) is 2.63. The minimum absolute atomic E-state index is 0.0643. The van der Waals surface area contributed by atoms with Crippen LogP contribution in [0.4, 0.5) is 0 Å². The van der Waals surface area contributed by atoms with Crippen LogP contribution in [0.1, 0.15) is 18.9 Å². The normalized spacial score (nSPS) is 27.1. The van der Waals surface area contributed by atoms with Gasteiger partial charge in [0.15, 0.2) is 0 Å². The summed E-state index contributed by atoms with van der Waals surface area (Å²) < 4.78 is 5.52. The van der Waals surface area contributed by atoms with Gasteiger partial charge in [-0.2, -0.15) is 0 Å². The van der Waals surface area contributed by atoms with Crippen molar-refractivity contribution in [1.29, 1.82) is 0 Å². The highest BCUT2D eigenvalue weighted by Gasteiger charge is 2.33. The molecule has 1 aromatic rings. The van der Waals surface area contributed by atoms with E-state index in [1.165, 1.54) is 5.56 Å². The summed E-state index contributed by atoms with van der Waals surface area (Å²) in [5.41, 5.74) is 1.45. The zero-order valence-corrected chi connectivity index (χ0v) is 9.57. The molecule has 0 saturated carbocycles. The quantitative estimate of drug-likeness (QED) is 0.750. The standard InChI is InChI=1S/C13H19NO/c1-13(15-2)8-9-14(11-13)10-12-6-4-3-5-7-12/h3-7H,8-11H2,1-2H3. The van der Waals surface area contributed by atoms with E-state index in [0.29, 0.717) is 0 Å². The minimum Gasteiger partial charge on any atom is -0.377 e. The highest BCUT2D eigenvalue weighted by molar-refractivity contribution is 5.14. The van der Waals surface area contributed by atoms with Crippen molar-refractivity contribution in [3.8, 4) is 0 Å². The zero-order chi connectivity index (χ0) is 10.7. The highest BCUT2D eigenvalue weighted by Crippen LogP contribution is 2.25. The summed E-state index contributed by atoms with van der Waals surface area (Å²) in [6.07, 6.45) is 1.14. The molecule has 0 N–H and O–H groups in total. The molecule has 2 nitrogen and oxygen atoms in total. The van der Waals surface area contributed by atoms with E-state index >= 15 is 0 Å². The molecule has 1 atom stereocenters. The van der Waals surface area contributed by atoms with Crippen molar-refractivity contribution < 1.29 is 4.74 Å². The van der Waals surface area contributed by atoms with E-state index in [2.05, 4.69) is 42.2 Å². The molecule has 1 aliphatic heterocycles. The van der Waals surface area contributed by atoms with E-state index < -0.39 is 0 Å². The first-order chi connectivity index (χ1) is 7.22. The molecular weight excluding hydrogens is 186 g/mol. The van der Waals surface area contributed by atoms with Crippen LogP contribution in [0.15, 0.2) is 30.3 Å². The van der Waals surface area contributed by atoms with Gasteiger partial charge in [0, 0.05) is 26.7 Å². The molecule has 0 aliphatic carbocycles. The topological polar surface area (TPSA) is 12.5 Å². The second-order valence-electron chi connectivity index (χ2n) is 4.60. The second-order valence-corrected chi connectivity index (χ2v) is 4.60. The Labute approximate surface area is 91.9 Å². The molecule has 82 valence electrons. The molecule has 1 unspecified atom stereocenters. The molecule has 0 radical (unpaired) electrons. The van der Waals surface area contributed by atoms with E-state index in [4.69, 9.17) is 4.74 Å². The third-order valence-corrected chi connectivity index (χ3v) is 3.26. The van der Waals surface area contributed by atoms with Crippen molar-refractivity contribution in [1.82, 2.24) is 4.90 Å². The zero-order valence-electron chi connectivity index (χ0n) is 9.57. The van der Waals surface area contributed by atoms with Crippen molar-refractivity contribution in [3.63, 3.8) is 0 Å². The Balaban J connectivity index is 1.93. The third kappa shape index (κ3) is 2.58. The van der Waals surface area contributed by atoms with Gasteiger partial charge in [0.05, 0.1) is 5.60 Å². The summed E-state index contributed by atoms with van der Waals surface area (Å²) in [4.78, 5) is 2.46. The fourth-order valence-corrected chi connectivity index (χ4v) is 2.17. The summed E-state index contributed by atoms with van der Waals surface area (Å²) >= 11 is 0. The molecule has 0 amide bonds. The molecule has 2 heteroatoms. The summed E-state index contributed by atoms with van der Waals surface area (Å²) in [7, 11) is 1.81. The lowest BCUT2D eigenvalue weighted by Crippen LogP contribution is -2.31. The maximum atomic E-state index is 5.52. The van der Waals surface area contributed by atoms with Crippen LogP contribution >= 0.6 is 0 Å². The maximum absolute atomic E-state index is 5.52. The lowest BCUT2D eigenvalue weighted by molar-refractivity contribution is 0.0143. The van der Waals surface area contributed by atoms with Gasteiger partial charge < -0.3 is 4.74 Å². The molecule has 1 heterocycles. The first-order valence-corrected chi connectivity index (χ1v) is 5.53. The summed E-state index contributed by atoms with van der Waals surface area (Å²) in [5.74, 6) is 0. The van der Waals surface area contributed by atoms with Crippen molar-refractivity contribution >= 4 is 0 Å². The van der Waals surface area contributed by atoms with E-state index in [0.717, 1.165) is 26.1 Å². The van der Waals surface area contributed by atoms with Crippen molar-refractivity contribution in [2.45, 2.75) is 25.5 Å². The number of likely N-dealkylation sites (tertiary alicyclic amines) is 1. The van der Waals surface area contributed by atoms with Gasteiger partial charge in [0.1, 0.15) is 0 Å². The van der Waals surface area contributed by atoms with Gasteiger partial charge in [0.2, 0.25) is 0 Å². The molecular formula is C13H19NO. The Morgan fingerprint density at radius 3 is 2.67 bits per heavy atom. The number of ether oxygens (including phenoxy) is 1. The Morgan fingerprint density at radius 1 is 1.33 bits per heavy atom. The smallest absolute Gasteiger partial charge is 0.0789 e. The number of methoxy groups -OCH3 is 1. The van der Waals surface area contributed by atoms with E-state index in [1.807, 2.05) is 7.11 Å². The van der Waals surface area contributed by atoms with Gasteiger partial charge in [-0.05, 0) is 18.9 Å². The van der Waals surface area contributed by atoms with Gasteiger partial charge in [-0.3, -0.25) is 4.90 Å². The molecule has 0 bridgehead atoms. The van der Waals surface area contributed by atoms with Crippen molar-refractivity contribution in [2.24, 2.45) is 0 Å². The van der Waals surface area contributed by atoms with Crippen LogP contribution in [0.5, 0.6) is 0 Å². The average molecular weight is 205 g/mol. The SMILES string of the molecule is COC1(C)CCN(Cc2ccccc2)C1.